The van der Waals surface area contributed by atoms with E-state index in [1.54, 1.807) is 6.07 Å². The van der Waals surface area contributed by atoms with Crippen LogP contribution in [-0.2, 0) is 16.6 Å². The van der Waals surface area contributed by atoms with Crippen LogP contribution in [0.3, 0.4) is 0 Å². The minimum Gasteiger partial charge on any atom is -0.368 e. The highest BCUT2D eigenvalue weighted by Crippen LogP contribution is 2.64. The summed E-state index contributed by atoms with van der Waals surface area (Å²) < 4.78 is 14.7. The Morgan fingerprint density at radius 2 is 2.00 bits per heavy atom. The number of benzene rings is 1. The highest BCUT2D eigenvalue weighted by Gasteiger charge is 2.58. The van der Waals surface area contributed by atoms with Gasteiger partial charge in [-0.3, -0.25) is 9.89 Å². The van der Waals surface area contributed by atoms with Crippen LogP contribution < -0.4 is 10.2 Å². The molecule has 1 saturated carbocycles. The lowest BCUT2D eigenvalue weighted by Gasteiger charge is -2.50. The average molecular weight is 543 g/mol. The van der Waals surface area contributed by atoms with Crippen molar-refractivity contribution in [2.24, 2.45) is 11.8 Å². The summed E-state index contributed by atoms with van der Waals surface area (Å²) >= 11 is 0. The van der Waals surface area contributed by atoms with Crippen molar-refractivity contribution in [3.63, 3.8) is 0 Å². The van der Waals surface area contributed by atoms with E-state index in [1.807, 2.05) is 18.3 Å². The number of piperazine rings is 1. The van der Waals surface area contributed by atoms with E-state index in [4.69, 9.17) is 5.10 Å². The Kier molecular flexibility index (Phi) is 6.41. The molecular weight excluding hydrogens is 503 g/mol. The number of halogens is 1. The maximum atomic E-state index is 14.7. The Labute approximate surface area is 235 Å². The largest absolute Gasteiger partial charge is 0.368 e. The van der Waals surface area contributed by atoms with Crippen LogP contribution in [0.4, 0.5) is 15.9 Å². The number of pyridine rings is 1. The van der Waals surface area contributed by atoms with Crippen LogP contribution in [0, 0.1) is 17.7 Å². The van der Waals surface area contributed by atoms with Gasteiger partial charge in [0.15, 0.2) is 0 Å². The normalized spacial score (nSPS) is 29.3. The summed E-state index contributed by atoms with van der Waals surface area (Å²) in [5, 5.41) is 10.9. The average Bonchev–Trinajstić information content (AvgIpc) is 3.54. The number of hydrogen-bond acceptors (Lipinski definition) is 5. The first-order chi connectivity index (χ1) is 19.4. The molecule has 0 bridgehead atoms. The number of aromatic amines is 1. The van der Waals surface area contributed by atoms with Gasteiger partial charge in [0, 0.05) is 44.2 Å². The van der Waals surface area contributed by atoms with Crippen molar-refractivity contribution in [2.45, 2.75) is 62.7 Å². The molecule has 0 radical (unpaired) electrons. The molecule has 3 heterocycles. The number of carbonyl (C=O) groups is 1. The van der Waals surface area contributed by atoms with E-state index in [1.165, 1.54) is 16.8 Å². The first-order valence-corrected chi connectivity index (χ1v) is 14.9. The van der Waals surface area contributed by atoms with Crippen molar-refractivity contribution in [3.05, 3.63) is 70.9 Å². The fraction of sp³-hybridized carbons (Fsp3) is 0.531. The molecule has 1 aromatic carbocycles. The summed E-state index contributed by atoms with van der Waals surface area (Å²) in [6.45, 7) is 6.44. The second-order valence-corrected chi connectivity index (χ2v) is 12.7. The number of hydrogen-bond donors (Lipinski definition) is 2. The van der Waals surface area contributed by atoms with Crippen LogP contribution in [0.5, 0.6) is 0 Å². The number of nitrogens with zero attached hydrogens (tertiary/aromatic N) is 4. The number of anilines is 2. The van der Waals surface area contributed by atoms with Crippen LogP contribution >= 0.6 is 0 Å². The summed E-state index contributed by atoms with van der Waals surface area (Å²) in [5.74, 6) is 2.07. The summed E-state index contributed by atoms with van der Waals surface area (Å²) in [7, 11) is 2.15. The Morgan fingerprint density at radius 3 is 2.80 bits per heavy atom. The number of H-pyrrole nitrogens is 1. The number of nitrogens with one attached hydrogen (secondary N) is 2. The summed E-state index contributed by atoms with van der Waals surface area (Å²) in [6.07, 6.45) is 9.03. The Morgan fingerprint density at radius 1 is 1.15 bits per heavy atom. The molecule has 2 fully saturated rings. The van der Waals surface area contributed by atoms with Gasteiger partial charge in [0.25, 0.3) is 0 Å². The van der Waals surface area contributed by atoms with Crippen LogP contribution in [0.1, 0.15) is 73.2 Å². The molecule has 0 spiro atoms. The predicted molar refractivity (Wildman–Crippen MR) is 154 cm³/mol. The van der Waals surface area contributed by atoms with Gasteiger partial charge in [-0.15, -0.1) is 0 Å². The van der Waals surface area contributed by atoms with Gasteiger partial charge in [-0.25, -0.2) is 9.37 Å². The first-order valence-electron chi connectivity index (χ1n) is 14.9. The maximum absolute atomic E-state index is 14.7. The molecule has 3 unspecified atom stereocenters. The zero-order valence-electron chi connectivity index (χ0n) is 23.5. The van der Waals surface area contributed by atoms with Gasteiger partial charge in [-0.1, -0.05) is 19.1 Å². The van der Waals surface area contributed by atoms with Gasteiger partial charge in [-0.05, 0) is 97.7 Å². The fourth-order valence-corrected chi connectivity index (χ4v) is 8.61. The smallest absolute Gasteiger partial charge is 0.225 e. The summed E-state index contributed by atoms with van der Waals surface area (Å²) in [5.41, 5.74) is 5.69. The molecule has 5 atom stereocenters. The standard InChI is InChI=1S/C32H39FN6O/c1-32-13-12-22-21-4-3-5-27(33)23(21)7-8-24(22)30(32)25(26-19-35-37-31(26)32)9-11-29(40)36-28-10-6-20(18-34-28)39-16-14-38(2)15-17-39/h3-6,10,18-19,22,24-25,30H,7-9,11-17H2,1-2H3,(H,35,37)(H,34,36,40)/t22?,24?,25-,30?,32+/m1/s1. The molecule has 1 aliphatic heterocycles. The number of rotatable bonds is 5. The number of likely N-dealkylation sites (N-methyl/N-ethyl adjacent to an activating group) is 1. The molecule has 1 saturated heterocycles. The van der Waals surface area contributed by atoms with Crippen LogP contribution in [0.2, 0.25) is 0 Å². The first kappa shape index (κ1) is 25.7. The van der Waals surface area contributed by atoms with E-state index in [0.29, 0.717) is 30.0 Å². The number of amides is 1. The quantitative estimate of drug-likeness (QED) is 0.462. The van der Waals surface area contributed by atoms with Crippen molar-refractivity contribution < 1.29 is 9.18 Å². The molecule has 8 heteroatoms. The molecule has 7 rings (SSSR count). The molecule has 4 aliphatic rings. The summed E-state index contributed by atoms with van der Waals surface area (Å²) in [6, 6.07) is 9.60. The monoisotopic (exact) mass is 542 g/mol. The Bertz CT molecular complexity index is 1400. The number of fused-ring (bicyclic) bond motifs is 7. The lowest BCUT2D eigenvalue weighted by atomic mass is 9.53. The molecule has 210 valence electrons. The maximum Gasteiger partial charge on any atom is 0.225 e. The molecule has 40 heavy (non-hydrogen) atoms. The zero-order valence-corrected chi connectivity index (χ0v) is 23.5. The van der Waals surface area contributed by atoms with Gasteiger partial charge in [0.05, 0.1) is 17.6 Å². The second-order valence-electron chi connectivity index (χ2n) is 12.7. The van der Waals surface area contributed by atoms with Gasteiger partial charge in [0.1, 0.15) is 11.6 Å². The van der Waals surface area contributed by atoms with E-state index in [0.717, 1.165) is 69.5 Å². The highest BCUT2D eigenvalue weighted by molar-refractivity contribution is 5.89. The second kappa shape index (κ2) is 9.98. The molecule has 3 aliphatic carbocycles. The van der Waals surface area contributed by atoms with Gasteiger partial charge in [0.2, 0.25) is 5.91 Å². The van der Waals surface area contributed by atoms with Gasteiger partial charge < -0.3 is 15.1 Å². The molecule has 7 nitrogen and oxygen atoms in total. The van der Waals surface area contributed by atoms with Crippen LogP contribution in [-0.4, -0.2) is 59.2 Å². The third kappa shape index (κ3) is 4.23. The van der Waals surface area contributed by atoms with E-state index >= 15 is 0 Å². The van der Waals surface area contributed by atoms with Gasteiger partial charge in [-0.2, -0.15) is 5.10 Å². The van der Waals surface area contributed by atoms with Crippen LogP contribution in [0.25, 0.3) is 0 Å². The lowest BCUT2D eigenvalue weighted by molar-refractivity contribution is -0.116. The third-order valence-electron chi connectivity index (χ3n) is 10.6. The third-order valence-corrected chi connectivity index (χ3v) is 10.6. The van der Waals surface area contributed by atoms with E-state index < -0.39 is 0 Å². The van der Waals surface area contributed by atoms with E-state index in [2.05, 4.69) is 57.5 Å². The summed E-state index contributed by atoms with van der Waals surface area (Å²) in [4.78, 5) is 22.4. The Hall–Kier alpha value is -3.26. The van der Waals surface area contributed by atoms with Gasteiger partial charge >= 0.3 is 0 Å². The molecular formula is C32H39FN6O. The van der Waals surface area contributed by atoms with Crippen molar-refractivity contribution in [2.75, 3.05) is 43.4 Å². The minimum absolute atomic E-state index is 0.00177. The Balaban J connectivity index is 1.06. The molecule has 3 aromatic rings. The predicted octanol–water partition coefficient (Wildman–Crippen LogP) is 5.23. The van der Waals surface area contributed by atoms with E-state index in [-0.39, 0.29) is 23.1 Å². The topological polar surface area (TPSA) is 77.1 Å². The van der Waals surface area contributed by atoms with Crippen molar-refractivity contribution in [1.82, 2.24) is 20.1 Å². The highest BCUT2D eigenvalue weighted by atomic mass is 19.1. The number of carbonyl (C=O) groups excluding carboxylic acids is 1. The molecule has 1 amide bonds. The van der Waals surface area contributed by atoms with Crippen molar-refractivity contribution >= 4 is 17.4 Å². The number of aromatic nitrogens is 3. The van der Waals surface area contributed by atoms with Crippen molar-refractivity contribution in [1.29, 1.82) is 0 Å². The van der Waals surface area contributed by atoms with E-state index in [9.17, 15) is 9.18 Å². The zero-order chi connectivity index (χ0) is 27.4. The SMILES string of the molecule is CN1CCN(c2ccc(NC(=O)CC[C@@H]3c4c[nH]nc4[C@@]4(C)CCC5c6cccc(F)c6CCC5C34)nc2)CC1. The molecule has 2 N–H and O–H groups in total. The molecule has 2 aromatic heterocycles. The van der Waals surface area contributed by atoms with Crippen molar-refractivity contribution in [3.8, 4) is 0 Å². The fourth-order valence-electron chi connectivity index (χ4n) is 8.61. The lowest BCUT2D eigenvalue weighted by Crippen LogP contribution is -2.44. The van der Waals surface area contributed by atoms with Crippen LogP contribution in [0.15, 0.2) is 42.7 Å². The minimum atomic E-state index is -0.0535.